The molecule has 0 aliphatic rings. The van der Waals surface area contributed by atoms with Crippen LogP contribution < -0.4 is 21.9 Å². The number of amides is 1. The lowest BCUT2D eigenvalue weighted by molar-refractivity contribution is -0.119. The van der Waals surface area contributed by atoms with Gasteiger partial charge in [0.15, 0.2) is 10.2 Å². The van der Waals surface area contributed by atoms with E-state index in [1.165, 1.54) is 0 Å². The zero-order chi connectivity index (χ0) is 12.7. The van der Waals surface area contributed by atoms with Crippen LogP contribution in [0.3, 0.4) is 0 Å². The summed E-state index contributed by atoms with van der Waals surface area (Å²) in [5.74, 6) is -0.210. The van der Waals surface area contributed by atoms with Crippen molar-refractivity contribution in [2.45, 2.75) is 6.42 Å². The minimum atomic E-state index is -0.210. The maximum Gasteiger partial charge on any atom is 0.230 e. The maximum absolute atomic E-state index is 11.5. The molecule has 0 aromatic heterocycles. The second-order valence-corrected chi connectivity index (χ2v) is 4.00. The monoisotopic (exact) mass is 268 g/mol. The summed E-state index contributed by atoms with van der Waals surface area (Å²) < 4.78 is 0. The van der Waals surface area contributed by atoms with Gasteiger partial charge in [-0.15, -0.1) is 0 Å². The lowest BCUT2D eigenvalue weighted by Crippen LogP contribution is -2.50. The molecule has 1 amide bonds. The molecule has 0 saturated carbocycles. The number of carbonyl (C=O) groups is 1. The van der Waals surface area contributed by atoms with Crippen LogP contribution in [-0.4, -0.2) is 16.1 Å². The van der Waals surface area contributed by atoms with Crippen LogP contribution in [0.4, 0.5) is 0 Å². The smallest absolute Gasteiger partial charge is 0.230 e. The number of nitrogens with two attached hydrogens (primary N) is 1. The Morgan fingerprint density at radius 1 is 1.18 bits per heavy atom. The van der Waals surface area contributed by atoms with Gasteiger partial charge < -0.3 is 11.1 Å². The first-order valence-electron chi connectivity index (χ1n) is 4.77. The Morgan fingerprint density at radius 3 is 2.41 bits per heavy atom. The second kappa shape index (κ2) is 6.77. The highest BCUT2D eigenvalue weighted by Crippen LogP contribution is 1.98. The van der Waals surface area contributed by atoms with Crippen molar-refractivity contribution in [3.05, 3.63) is 35.9 Å². The van der Waals surface area contributed by atoms with E-state index >= 15 is 0 Å². The maximum atomic E-state index is 11.5. The molecule has 90 valence electrons. The number of hydrogen-bond donors (Lipinski definition) is 4. The van der Waals surface area contributed by atoms with Gasteiger partial charge in [-0.25, -0.2) is 0 Å². The normalized spacial score (nSPS) is 9.18. The Morgan fingerprint density at radius 2 is 1.82 bits per heavy atom. The van der Waals surface area contributed by atoms with Crippen LogP contribution in [0, 0.1) is 0 Å². The SMILES string of the molecule is NC(=S)NNC(=S)NC(=O)Cc1ccccc1. The van der Waals surface area contributed by atoms with Gasteiger partial charge in [0, 0.05) is 0 Å². The quantitative estimate of drug-likeness (QED) is 0.445. The van der Waals surface area contributed by atoms with Crippen molar-refractivity contribution < 1.29 is 4.79 Å². The molecule has 0 saturated heterocycles. The average Bonchev–Trinajstić information content (AvgIpc) is 2.27. The Kier molecular flexibility index (Phi) is 5.31. The third-order valence-corrected chi connectivity index (χ3v) is 2.07. The minimum Gasteiger partial charge on any atom is -0.375 e. The summed E-state index contributed by atoms with van der Waals surface area (Å²) in [6.07, 6.45) is 0.260. The molecular weight excluding hydrogens is 256 g/mol. The highest BCUT2D eigenvalue weighted by Gasteiger charge is 2.05. The molecule has 0 unspecified atom stereocenters. The van der Waals surface area contributed by atoms with Crippen LogP contribution >= 0.6 is 24.4 Å². The largest absolute Gasteiger partial charge is 0.375 e. The van der Waals surface area contributed by atoms with Gasteiger partial charge in [0.1, 0.15) is 0 Å². The van der Waals surface area contributed by atoms with Crippen LogP contribution in [-0.2, 0) is 11.2 Å². The third kappa shape index (κ3) is 5.79. The molecular formula is C10H12N4OS2. The predicted octanol–water partition coefficient (Wildman–Crippen LogP) is -0.0320. The molecule has 0 aliphatic carbocycles. The number of hydrogen-bond acceptors (Lipinski definition) is 3. The Balaban J connectivity index is 2.35. The molecule has 0 fully saturated rings. The minimum absolute atomic E-state index is 0.0460. The van der Waals surface area contributed by atoms with Gasteiger partial charge in [-0.3, -0.25) is 15.6 Å². The van der Waals surface area contributed by atoms with Crippen molar-refractivity contribution in [1.29, 1.82) is 0 Å². The third-order valence-electron chi connectivity index (χ3n) is 1.76. The molecule has 1 rings (SSSR count). The first-order chi connectivity index (χ1) is 8.08. The van der Waals surface area contributed by atoms with E-state index in [1.807, 2.05) is 30.3 Å². The zero-order valence-corrected chi connectivity index (χ0v) is 10.5. The first-order valence-corrected chi connectivity index (χ1v) is 5.59. The van der Waals surface area contributed by atoms with Gasteiger partial charge in [-0.05, 0) is 30.0 Å². The van der Waals surface area contributed by atoms with E-state index in [4.69, 9.17) is 18.0 Å². The molecule has 0 heterocycles. The number of thiocarbonyl (C=S) groups is 2. The Hall–Kier alpha value is -1.73. The Bertz CT molecular complexity index is 422. The molecule has 1 aromatic rings. The van der Waals surface area contributed by atoms with Crippen molar-refractivity contribution in [1.82, 2.24) is 16.2 Å². The number of hydrazine groups is 1. The van der Waals surface area contributed by atoms with E-state index in [0.29, 0.717) is 0 Å². The number of carbonyl (C=O) groups excluding carboxylic acids is 1. The van der Waals surface area contributed by atoms with Gasteiger partial charge in [-0.2, -0.15) is 0 Å². The summed E-state index contributed by atoms with van der Waals surface area (Å²) in [5, 5.41) is 2.66. The van der Waals surface area contributed by atoms with E-state index < -0.39 is 0 Å². The van der Waals surface area contributed by atoms with Crippen LogP contribution in [0.5, 0.6) is 0 Å². The lowest BCUT2D eigenvalue weighted by atomic mass is 10.1. The number of nitrogens with one attached hydrogen (secondary N) is 3. The molecule has 0 aliphatic heterocycles. The fourth-order valence-corrected chi connectivity index (χ4v) is 1.32. The Labute approximate surface area is 110 Å². The summed E-state index contributed by atoms with van der Waals surface area (Å²) in [5.41, 5.74) is 11.0. The molecule has 5 N–H and O–H groups in total. The molecule has 0 radical (unpaired) electrons. The van der Waals surface area contributed by atoms with E-state index in [2.05, 4.69) is 28.4 Å². The van der Waals surface area contributed by atoms with Crippen molar-refractivity contribution in [3.63, 3.8) is 0 Å². The number of benzene rings is 1. The van der Waals surface area contributed by atoms with Gasteiger partial charge in [0.05, 0.1) is 6.42 Å². The van der Waals surface area contributed by atoms with Gasteiger partial charge in [-0.1, -0.05) is 30.3 Å². The molecule has 7 heteroatoms. The van der Waals surface area contributed by atoms with Crippen molar-refractivity contribution in [2.24, 2.45) is 5.73 Å². The van der Waals surface area contributed by atoms with E-state index in [1.54, 1.807) is 0 Å². The molecule has 17 heavy (non-hydrogen) atoms. The van der Waals surface area contributed by atoms with Crippen LogP contribution in [0.2, 0.25) is 0 Å². The molecule has 1 aromatic carbocycles. The lowest BCUT2D eigenvalue weighted by Gasteiger charge is -2.10. The van der Waals surface area contributed by atoms with Crippen LogP contribution in [0.15, 0.2) is 30.3 Å². The van der Waals surface area contributed by atoms with Gasteiger partial charge in [0.2, 0.25) is 5.91 Å². The van der Waals surface area contributed by atoms with Crippen LogP contribution in [0.25, 0.3) is 0 Å². The highest BCUT2D eigenvalue weighted by molar-refractivity contribution is 7.80. The van der Waals surface area contributed by atoms with E-state index in [9.17, 15) is 4.79 Å². The predicted molar refractivity (Wildman–Crippen MR) is 73.9 cm³/mol. The summed E-state index contributed by atoms with van der Waals surface area (Å²) >= 11 is 9.41. The fraction of sp³-hybridized carbons (Fsp3) is 0.100. The van der Waals surface area contributed by atoms with E-state index in [0.717, 1.165) is 5.56 Å². The molecule has 0 bridgehead atoms. The summed E-state index contributed by atoms with van der Waals surface area (Å²) in [6.45, 7) is 0. The summed E-state index contributed by atoms with van der Waals surface area (Å²) in [6, 6.07) is 9.35. The van der Waals surface area contributed by atoms with Gasteiger partial charge in [0.25, 0.3) is 0 Å². The second-order valence-electron chi connectivity index (χ2n) is 3.15. The van der Waals surface area contributed by atoms with Crippen molar-refractivity contribution >= 4 is 40.6 Å². The number of rotatable bonds is 2. The van der Waals surface area contributed by atoms with E-state index in [-0.39, 0.29) is 22.6 Å². The highest BCUT2D eigenvalue weighted by atomic mass is 32.1. The van der Waals surface area contributed by atoms with Crippen LogP contribution in [0.1, 0.15) is 5.56 Å². The summed E-state index contributed by atoms with van der Waals surface area (Å²) in [4.78, 5) is 11.5. The van der Waals surface area contributed by atoms with Gasteiger partial charge >= 0.3 is 0 Å². The molecule has 0 atom stereocenters. The van der Waals surface area contributed by atoms with Crippen molar-refractivity contribution in [3.8, 4) is 0 Å². The zero-order valence-electron chi connectivity index (χ0n) is 8.90. The van der Waals surface area contributed by atoms with Crippen molar-refractivity contribution in [2.75, 3.05) is 0 Å². The fourth-order valence-electron chi connectivity index (χ4n) is 1.10. The topological polar surface area (TPSA) is 79.2 Å². The average molecular weight is 268 g/mol. The molecule has 0 spiro atoms. The first kappa shape index (κ1) is 13.3. The summed E-state index contributed by atoms with van der Waals surface area (Å²) in [7, 11) is 0. The standard InChI is InChI=1S/C10H12N4OS2/c11-9(16)13-14-10(17)12-8(15)6-7-4-2-1-3-5-7/h1-5H,6H2,(H3,11,13,16)(H2,12,14,15,17). The molecule has 5 nitrogen and oxygen atoms in total.